The van der Waals surface area contributed by atoms with Crippen LogP contribution in [0.2, 0.25) is 0 Å². The van der Waals surface area contributed by atoms with Crippen molar-refractivity contribution in [1.29, 1.82) is 0 Å². The maximum atomic E-state index is 13.0. The molecule has 4 aromatic rings. The monoisotopic (exact) mass is 680 g/mol. The smallest absolute Gasteiger partial charge is 0.263 e. The van der Waals surface area contributed by atoms with Crippen molar-refractivity contribution in [2.24, 2.45) is 11.8 Å². The number of amides is 2. The number of carbonyl (C=O) groups is 2. The average Bonchev–Trinajstić information content (AvgIpc) is 3.91. The highest BCUT2D eigenvalue weighted by molar-refractivity contribution is 7.12. The van der Waals surface area contributed by atoms with Crippen molar-refractivity contribution in [2.75, 3.05) is 39.3 Å². The molecule has 2 amide bonds. The summed E-state index contributed by atoms with van der Waals surface area (Å²) in [6.45, 7) is 6.61. The molecule has 0 saturated carbocycles. The molecule has 0 unspecified atom stereocenters. The molecule has 10 rings (SSSR count). The Kier molecular flexibility index (Phi) is 9.56. The molecule has 238 valence electrons. The first-order chi connectivity index (χ1) is 22.0. The fourth-order valence-corrected chi connectivity index (χ4v) is 10.9. The summed E-state index contributed by atoms with van der Waals surface area (Å²) >= 11 is 6.18. The lowest BCUT2D eigenvalue weighted by atomic mass is 9.83. The predicted molar refractivity (Wildman–Crippen MR) is 184 cm³/mol. The summed E-state index contributed by atoms with van der Waals surface area (Å²) in [4.78, 5) is 34.5. The van der Waals surface area contributed by atoms with E-state index < -0.39 is 5.60 Å². The van der Waals surface area contributed by atoms with Gasteiger partial charge >= 0.3 is 0 Å². The number of fused-ring (bicyclic) bond motifs is 6. The number of piperidine rings is 6. The van der Waals surface area contributed by atoms with Crippen molar-refractivity contribution < 1.29 is 14.7 Å². The van der Waals surface area contributed by atoms with Crippen LogP contribution in [0.1, 0.15) is 51.1 Å². The Morgan fingerprint density at radius 2 is 1.13 bits per heavy atom. The number of hydrogen-bond donors (Lipinski definition) is 3. The fraction of sp³-hybridized carbons (Fsp3) is 0.471. The van der Waals surface area contributed by atoms with Gasteiger partial charge in [0.05, 0.1) is 9.75 Å². The van der Waals surface area contributed by atoms with Gasteiger partial charge in [-0.3, -0.25) is 9.59 Å². The fourth-order valence-electron chi connectivity index (χ4n) is 7.42. The SMILES string of the molecule is O=C(N[C@@H]1CN2CCC1CC2)C(O)(c1cccs1)c1cccs1.O=C(N[C@H]1CN2CCC1CC2)C(c1cccs1)c1cccs1. The number of aliphatic hydroxyl groups is 1. The van der Waals surface area contributed by atoms with E-state index in [1.165, 1.54) is 48.6 Å². The molecule has 0 radical (unpaired) electrons. The van der Waals surface area contributed by atoms with Crippen molar-refractivity contribution in [1.82, 2.24) is 20.4 Å². The van der Waals surface area contributed by atoms with Gasteiger partial charge in [0.2, 0.25) is 11.5 Å². The first-order valence-electron chi connectivity index (χ1n) is 15.9. The van der Waals surface area contributed by atoms with Gasteiger partial charge in [-0.1, -0.05) is 24.3 Å². The van der Waals surface area contributed by atoms with Crippen LogP contribution in [0.15, 0.2) is 70.1 Å². The van der Waals surface area contributed by atoms with Crippen LogP contribution in [0.3, 0.4) is 0 Å². The Hall–Kier alpha value is -2.38. The van der Waals surface area contributed by atoms with E-state index in [-0.39, 0.29) is 23.8 Å². The Morgan fingerprint density at radius 3 is 1.51 bits per heavy atom. The molecule has 7 nitrogen and oxygen atoms in total. The average molecular weight is 681 g/mol. The molecule has 45 heavy (non-hydrogen) atoms. The lowest BCUT2D eigenvalue weighted by Gasteiger charge is -2.45. The zero-order valence-corrected chi connectivity index (χ0v) is 28.4. The molecule has 6 aliphatic rings. The van der Waals surface area contributed by atoms with Crippen LogP contribution < -0.4 is 10.6 Å². The Balaban J connectivity index is 0.000000145. The van der Waals surface area contributed by atoms with Crippen molar-refractivity contribution in [2.45, 2.75) is 49.3 Å². The number of carbonyl (C=O) groups excluding carboxylic acids is 2. The third kappa shape index (κ3) is 6.58. The Morgan fingerprint density at radius 1 is 0.689 bits per heavy atom. The molecular weight excluding hydrogens is 641 g/mol. The first kappa shape index (κ1) is 31.2. The molecule has 0 spiro atoms. The van der Waals surface area contributed by atoms with Gasteiger partial charge in [0.25, 0.3) is 5.91 Å². The van der Waals surface area contributed by atoms with Crippen LogP contribution in [0, 0.1) is 11.8 Å². The van der Waals surface area contributed by atoms with E-state index in [4.69, 9.17) is 0 Å². The summed E-state index contributed by atoms with van der Waals surface area (Å²) in [5.74, 6) is 0.946. The minimum Gasteiger partial charge on any atom is -0.371 e. The number of thiophene rings is 4. The molecule has 0 aliphatic carbocycles. The molecule has 3 N–H and O–H groups in total. The molecule has 11 heteroatoms. The standard InChI is InChI=1S/C17H20N2O2S2.C17H20N2OS2/c20-16(18-13-11-19-7-5-12(13)6-8-19)17(21,14-3-1-9-22-14)15-4-2-10-23-15;20-17(18-13-11-19-7-5-12(13)6-8-19)16(14-3-1-9-21-14)15-4-2-10-22-15/h1-4,9-10,12-13,21H,5-8,11H2,(H,18,20);1-4,9-10,12-13,16H,5-8,11H2,(H,18,20)/t2*13-/m10/s1. The van der Waals surface area contributed by atoms with Crippen molar-refractivity contribution in [3.63, 3.8) is 0 Å². The van der Waals surface area contributed by atoms with E-state index in [1.54, 1.807) is 22.7 Å². The third-order valence-corrected chi connectivity index (χ3v) is 13.8. The Labute approximate surface area is 280 Å². The van der Waals surface area contributed by atoms with Crippen molar-refractivity contribution in [3.8, 4) is 0 Å². The maximum Gasteiger partial charge on any atom is 0.263 e. The molecule has 0 aromatic carbocycles. The van der Waals surface area contributed by atoms with Crippen LogP contribution in [0.5, 0.6) is 0 Å². The topological polar surface area (TPSA) is 84.9 Å². The molecule has 6 fully saturated rings. The van der Waals surface area contributed by atoms with E-state index in [0.29, 0.717) is 27.6 Å². The number of rotatable bonds is 8. The lowest BCUT2D eigenvalue weighted by molar-refractivity contribution is -0.138. The molecular formula is C34H40N4O3S4. The predicted octanol–water partition coefficient (Wildman–Crippen LogP) is 5.41. The number of nitrogens with zero attached hydrogens (tertiary/aromatic N) is 2. The van der Waals surface area contributed by atoms with Crippen molar-refractivity contribution in [3.05, 3.63) is 89.6 Å². The van der Waals surface area contributed by atoms with Crippen molar-refractivity contribution >= 4 is 57.2 Å². The van der Waals surface area contributed by atoms with Gasteiger partial charge in [0.15, 0.2) is 0 Å². The van der Waals surface area contributed by atoms with Gasteiger partial charge in [-0.2, -0.15) is 0 Å². The zero-order chi connectivity index (χ0) is 30.8. The van der Waals surface area contributed by atoms with E-state index in [1.807, 2.05) is 47.2 Å². The summed E-state index contributed by atoms with van der Waals surface area (Å²) in [6.07, 6.45) is 4.74. The van der Waals surface area contributed by atoms with Gasteiger partial charge in [-0.05, 0) is 109 Å². The van der Waals surface area contributed by atoms with Crippen LogP contribution in [0.4, 0.5) is 0 Å². The Bertz CT molecular complexity index is 1440. The zero-order valence-electron chi connectivity index (χ0n) is 25.2. The second kappa shape index (κ2) is 13.8. The molecule has 4 aromatic heterocycles. The molecule has 4 bridgehead atoms. The quantitative estimate of drug-likeness (QED) is 0.232. The summed E-state index contributed by atoms with van der Waals surface area (Å²) < 4.78 is 0. The summed E-state index contributed by atoms with van der Waals surface area (Å²) in [7, 11) is 0. The van der Waals surface area contributed by atoms with Gasteiger partial charge < -0.3 is 25.5 Å². The van der Waals surface area contributed by atoms with Gasteiger partial charge in [-0.25, -0.2) is 0 Å². The first-order valence-corrected chi connectivity index (χ1v) is 19.4. The minimum absolute atomic E-state index is 0.143. The highest BCUT2D eigenvalue weighted by Gasteiger charge is 2.45. The van der Waals surface area contributed by atoms with Gasteiger partial charge in [0.1, 0.15) is 5.92 Å². The van der Waals surface area contributed by atoms with Gasteiger partial charge in [0, 0.05) is 34.9 Å². The lowest BCUT2D eigenvalue weighted by Crippen LogP contribution is -2.60. The normalized spacial score (nSPS) is 27.2. The second-order valence-corrected chi connectivity index (χ2v) is 16.5. The number of nitrogens with one attached hydrogen (secondary N) is 2. The maximum absolute atomic E-state index is 13.0. The minimum atomic E-state index is -1.58. The van der Waals surface area contributed by atoms with E-state index in [9.17, 15) is 14.7 Å². The highest BCUT2D eigenvalue weighted by atomic mass is 32.1. The van der Waals surface area contributed by atoms with Crippen LogP contribution >= 0.6 is 45.3 Å². The summed E-state index contributed by atoms with van der Waals surface area (Å²) in [6, 6.07) is 16.1. The van der Waals surface area contributed by atoms with Crippen LogP contribution in [-0.4, -0.2) is 78.1 Å². The summed E-state index contributed by atoms with van der Waals surface area (Å²) in [5, 5.41) is 25.7. The number of hydrogen-bond acceptors (Lipinski definition) is 9. The second-order valence-electron chi connectivity index (χ2n) is 12.6. The van der Waals surface area contributed by atoms with Crippen LogP contribution in [-0.2, 0) is 15.2 Å². The molecule has 2 atom stereocenters. The van der Waals surface area contributed by atoms with Crippen LogP contribution in [0.25, 0.3) is 0 Å². The van der Waals surface area contributed by atoms with E-state index in [2.05, 4.69) is 43.3 Å². The largest absolute Gasteiger partial charge is 0.371 e. The summed E-state index contributed by atoms with van der Waals surface area (Å²) in [5.41, 5.74) is -1.58. The van der Waals surface area contributed by atoms with E-state index in [0.717, 1.165) is 48.8 Å². The molecule has 6 saturated heterocycles. The highest BCUT2D eigenvalue weighted by Crippen LogP contribution is 2.37. The molecule has 10 heterocycles. The third-order valence-electron chi connectivity index (χ3n) is 9.96. The van der Waals surface area contributed by atoms with Gasteiger partial charge in [-0.15, -0.1) is 45.3 Å². The molecule has 6 aliphatic heterocycles. The van der Waals surface area contributed by atoms with E-state index >= 15 is 0 Å².